The zero-order chi connectivity index (χ0) is 11.5. The maximum absolute atomic E-state index is 11.1. The van der Waals surface area contributed by atoms with E-state index in [1.807, 2.05) is 4.72 Å². The molecule has 0 bridgehead atoms. The lowest BCUT2D eigenvalue weighted by atomic mass is 10.3. The molecular formula is C7H7ClN2O4S. The lowest BCUT2D eigenvalue weighted by molar-refractivity contribution is -0.458. The van der Waals surface area contributed by atoms with Gasteiger partial charge >= 0.3 is 5.88 Å². The molecule has 1 rings (SSSR count). The van der Waals surface area contributed by atoms with Gasteiger partial charge in [-0.25, -0.2) is 0 Å². The maximum Gasteiger partial charge on any atom is 0.319 e. The largest absolute Gasteiger partial charge is 0.319 e. The third-order valence-corrected chi connectivity index (χ3v) is 2.74. The van der Waals surface area contributed by atoms with Crippen LogP contribution in [0.15, 0.2) is 24.3 Å². The van der Waals surface area contributed by atoms with Crippen LogP contribution >= 0.6 is 11.6 Å². The van der Waals surface area contributed by atoms with Gasteiger partial charge in [-0.05, 0) is 24.3 Å². The number of sulfonamides is 1. The third-order valence-electron chi connectivity index (χ3n) is 1.39. The highest BCUT2D eigenvalue weighted by atomic mass is 35.5. The highest BCUT2D eigenvalue weighted by Crippen LogP contribution is 2.14. The standard InChI is InChI=1S/C7H7ClN2O4S/c8-6-1-3-7(4-2-6)9-15(13,14)5-10(11)12/h1-4,9H,5H2. The number of hydrogen-bond donors (Lipinski definition) is 1. The summed E-state index contributed by atoms with van der Waals surface area (Å²) in [6.07, 6.45) is 0. The Hall–Kier alpha value is -1.34. The Morgan fingerprint density at radius 3 is 2.33 bits per heavy atom. The first-order chi connectivity index (χ1) is 6.89. The number of nitrogens with zero attached hydrogens (tertiary/aromatic N) is 1. The average Bonchev–Trinajstić information content (AvgIpc) is 2.06. The summed E-state index contributed by atoms with van der Waals surface area (Å²) in [7, 11) is -3.94. The second kappa shape index (κ2) is 4.45. The summed E-state index contributed by atoms with van der Waals surface area (Å²) in [5.41, 5.74) is 0.237. The molecule has 0 aliphatic rings. The lowest BCUT2D eigenvalue weighted by Crippen LogP contribution is -2.21. The first-order valence-electron chi connectivity index (χ1n) is 3.77. The Balaban J connectivity index is 2.78. The van der Waals surface area contributed by atoms with Crippen LogP contribution in [0.25, 0.3) is 0 Å². The molecule has 82 valence electrons. The summed E-state index contributed by atoms with van der Waals surface area (Å²) in [6.45, 7) is 0. The molecule has 1 aromatic carbocycles. The van der Waals surface area contributed by atoms with E-state index < -0.39 is 20.8 Å². The molecule has 15 heavy (non-hydrogen) atoms. The van der Waals surface area contributed by atoms with Crippen molar-refractivity contribution in [2.24, 2.45) is 0 Å². The van der Waals surface area contributed by atoms with E-state index in [1.54, 1.807) is 0 Å². The molecule has 0 aliphatic carbocycles. The predicted molar refractivity (Wildman–Crippen MR) is 55.9 cm³/mol. The van der Waals surface area contributed by atoms with Gasteiger partial charge in [0.05, 0.1) is 0 Å². The fourth-order valence-corrected chi connectivity index (χ4v) is 1.83. The van der Waals surface area contributed by atoms with Crippen molar-refractivity contribution in [3.63, 3.8) is 0 Å². The summed E-state index contributed by atoms with van der Waals surface area (Å²) in [5, 5.41) is 10.5. The van der Waals surface area contributed by atoms with Crippen molar-refractivity contribution >= 4 is 27.3 Å². The monoisotopic (exact) mass is 250 g/mol. The van der Waals surface area contributed by atoms with Crippen molar-refractivity contribution < 1.29 is 13.3 Å². The predicted octanol–water partition coefficient (Wildman–Crippen LogP) is 1.32. The van der Waals surface area contributed by atoms with Crippen molar-refractivity contribution in [2.75, 3.05) is 10.6 Å². The molecule has 0 heterocycles. The van der Waals surface area contributed by atoms with E-state index in [1.165, 1.54) is 24.3 Å². The van der Waals surface area contributed by atoms with Gasteiger partial charge in [0.25, 0.3) is 10.0 Å². The fraction of sp³-hybridized carbons (Fsp3) is 0.143. The minimum Gasteiger partial charge on any atom is -0.278 e. The summed E-state index contributed by atoms with van der Waals surface area (Å²) in [5.74, 6) is -1.16. The minimum absolute atomic E-state index is 0.237. The number of hydrogen-bond acceptors (Lipinski definition) is 4. The molecule has 0 saturated carbocycles. The fourth-order valence-electron chi connectivity index (χ4n) is 0.869. The van der Waals surface area contributed by atoms with Crippen LogP contribution in [0.1, 0.15) is 0 Å². The minimum atomic E-state index is -3.94. The number of rotatable bonds is 4. The number of anilines is 1. The molecule has 0 amide bonds. The molecule has 0 aromatic heterocycles. The Morgan fingerprint density at radius 1 is 1.33 bits per heavy atom. The number of benzene rings is 1. The Bertz CT molecular complexity index is 456. The molecule has 0 unspecified atom stereocenters. The molecule has 0 spiro atoms. The molecule has 0 saturated heterocycles. The smallest absolute Gasteiger partial charge is 0.278 e. The molecule has 0 aliphatic heterocycles. The van der Waals surface area contributed by atoms with Crippen LogP contribution in [-0.2, 0) is 10.0 Å². The van der Waals surface area contributed by atoms with Crippen molar-refractivity contribution in [3.8, 4) is 0 Å². The highest BCUT2D eigenvalue weighted by Gasteiger charge is 2.17. The maximum atomic E-state index is 11.1. The zero-order valence-corrected chi connectivity index (χ0v) is 8.96. The van der Waals surface area contributed by atoms with Gasteiger partial charge in [-0.2, -0.15) is 8.42 Å². The van der Waals surface area contributed by atoms with Crippen molar-refractivity contribution in [3.05, 3.63) is 39.4 Å². The van der Waals surface area contributed by atoms with Crippen LogP contribution in [0.3, 0.4) is 0 Å². The van der Waals surface area contributed by atoms with Crippen LogP contribution in [-0.4, -0.2) is 19.2 Å². The van der Waals surface area contributed by atoms with Gasteiger partial charge in [-0.15, -0.1) is 0 Å². The first-order valence-corrected chi connectivity index (χ1v) is 5.80. The van der Waals surface area contributed by atoms with Crippen LogP contribution in [0.2, 0.25) is 5.02 Å². The van der Waals surface area contributed by atoms with Crippen LogP contribution in [0.4, 0.5) is 5.69 Å². The summed E-state index contributed by atoms with van der Waals surface area (Å²) in [6, 6.07) is 5.79. The molecule has 6 nitrogen and oxygen atoms in total. The van der Waals surface area contributed by atoms with E-state index in [0.717, 1.165) is 0 Å². The van der Waals surface area contributed by atoms with E-state index in [2.05, 4.69) is 0 Å². The normalized spacial score (nSPS) is 11.0. The number of nitrogens with one attached hydrogen (secondary N) is 1. The molecule has 1 aromatic rings. The zero-order valence-electron chi connectivity index (χ0n) is 7.38. The van der Waals surface area contributed by atoms with Gasteiger partial charge in [-0.1, -0.05) is 11.6 Å². The summed E-state index contributed by atoms with van der Waals surface area (Å²) in [4.78, 5) is 9.11. The Morgan fingerprint density at radius 2 is 1.87 bits per heavy atom. The molecular weight excluding hydrogens is 244 g/mol. The Kier molecular flexibility index (Phi) is 3.48. The van der Waals surface area contributed by atoms with Gasteiger partial charge < -0.3 is 0 Å². The van der Waals surface area contributed by atoms with E-state index in [9.17, 15) is 18.5 Å². The Labute approximate surface area is 91.1 Å². The molecule has 0 fully saturated rings. The van der Waals surface area contributed by atoms with Crippen molar-refractivity contribution in [1.82, 2.24) is 0 Å². The van der Waals surface area contributed by atoms with E-state index in [-0.39, 0.29) is 5.69 Å². The van der Waals surface area contributed by atoms with E-state index >= 15 is 0 Å². The van der Waals surface area contributed by atoms with Gasteiger partial charge in [0, 0.05) is 15.6 Å². The number of nitro groups is 1. The van der Waals surface area contributed by atoms with Crippen molar-refractivity contribution in [2.45, 2.75) is 0 Å². The van der Waals surface area contributed by atoms with Gasteiger partial charge in [0.2, 0.25) is 0 Å². The molecule has 0 atom stereocenters. The van der Waals surface area contributed by atoms with Crippen LogP contribution < -0.4 is 4.72 Å². The van der Waals surface area contributed by atoms with Gasteiger partial charge in [-0.3, -0.25) is 14.8 Å². The summed E-state index contributed by atoms with van der Waals surface area (Å²) < 4.78 is 24.3. The number of halogens is 1. The third kappa shape index (κ3) is 4.13. The van der Waals surface area contributed by atoms with E-state index in [4.69, 9.17) is 11.6 Å². The molecule has 0 radical (unpaired) electrons. The van der Waals surface area contributed by atoms with E-state index in [0.29, 0.717) is 5.02 Å². The lowest BCUT2D eigenvalue weighted by Gasteiger charge is -2.03. The summed E-state index contributed by atoms with van der Waals surface area (Å²) >= 11 is 5.58. The average molecular weight is 251 g/mol. The quantitative estimate of drug-likeness (QED) is 0.645. The topological polar surface area (TPSA) is 89.3 Å². The molecule has 1 N–H and O–H groups in total. The second-order valence-corrected chi connectivity index (χ2v) is 4.81. The highest BCUT2D eigenvalue weighted by molar-refractivity contribution is 7.92. The molecule has 8 heteroatoms. The van der Waals surface area contributed by atoms with Gasteiger partial charge in [0.1, 0.15) is 0 Å². The van der Waals surface area contributed by atoms with Crippen LogP contribution in [0, 0.1) is 10.1 Å². The SMILES string of the molecule is O=[N+]([O-])CS(=O)(=O)Nc1ccc(Cl)cc1. The van der Waals surface area contributed by atoms with Gasteiger partial charge in [0.15, 0.2) is 0 Å². The first kappa shape index (κ1) is 11.7. The van der Waals surface area contributed by atoms with Crippen molar-refractivity contribution in [1.29, 1.82) is 0 Å². The second-order valence-electron chi connectivity index (χ2n) is 2.69. The van der Waals surface area contributed by atoms with Crippen LogP contribution in [0.5, 0.6) is 0 Å².